The third kappa shape index (κ3) is 4.52. The molecule has 7 aliphatic rings. The molecule has 13 heteroatoms. The van der Waals surface area contributed by atoms with Crippen molar-refractivity contribution in [2.45, 2.75) is 101 Å². The number of amides is 2. The van der Waals surface area contributed by atoms with E-state index in [4.69, 9.17) is 23.7 Å². The summed E-state index contributed by atoms with van der Waals surface area (Å²) in [6.07, 6.45) is -0.344. The third-order valence-corrected chi connectivity index (χ3v) is 15.0. The average Bonchev–Trinajstić information content (AvgIpc) is 3.65. The molecule has 2 heterocycles. The minimum absolute atomic E-state index is 0.0216. The summed E-state index contributed by atoms with van der Waals surface area (Å²) in [6.45, 7) is 8.30. The van der Waals surface area contributed by atoms with Crippen molar-refractivity contribution in [1.29, 1.82) is 0 Å². The van der Waals surface area contributed by atoms with E-state index in [-0.39, 0.29) is 72.3 Å². The Bertz CT molecular complexity index is 1700. The smallest absolute Gasteiger partial charge is 0.340 e. The van der Waals surface area contributed by atoms with Crippen molar-refractivity contribution in [1.82, 2.24) is 4.90 Å². The molecular formula is C40H54N2O11. The molecule has 13 nitrogen and oxygen atoms in total. The lowest BCUT2D eigenvalue weighted by molar-refractivity contribution is -0.319. The number of esters is 2. The van der Waals surface area contributed by atoms with E-state index in [9.17, 15) is 29.4 Å². The highest BCUT2D eigenvalue weighted by molar-refractivity contribution is 6.22. The first-order valence-corrected chi connectivity index (χ1v) is 19.3. The van der Waals surface area contributed by atoms with Crippen LogP contribution < -0.4 is 4.90 Å². The maximum Gasteiger partial charge on any atom is 0.340 e. The van der Waals surface area contributed by atoms with Gasteiger partial charge in [0.25, 0.3) is 0 Å². The van der Waals surface area contributed by atoms with Crippen molar-refractivity contribution in [3.05, 3.63) is 29.8 Å². The van der Waals surface area contributed by atoms with Crippen LogP contribution >= 0.6 is 0 Å². The molecule has 290 valence electrons. The number of likely N-dealkylation sites (tertiary alicyclic amines) is 1. The third-order valence-electron chi connectivity index (χ3n) is 15.0. The maximum absolute atomic E-state index is 14.1. The molecule has 8 rings (SSSR count). The predicted octanol–water partition coefficient (Wildman–Crippen LogP) is 2.59. The van der Waals surface area contributed by atoms with Crippen LogP contribution in [0.3, 0.4) is 0 Å². The molecular weight excluding hydrogens is 684 g/mol. The molecule has 14 atom stereocenters. The molecule has 53 heavy (non-hydrogen) atoms. The van der Waals surface area contributed by atoms with Crippen molar-refractivity contribution in [2.24, 2.45) is 46.3 Å². The quantitative estimate of drug-likeness (QED) is 0.267. The zero-order valence-corrected chi connectivity index (χ0v) is 31.8. The maximum atomic E-state index is 14.1. The number of rotatable bonds is 10. The van der Waals surface area contributed by atoms with E-state index in [1.165, 1.54) is 0 Å². The first-order chi connectivity index (χ1) is 25.2. The second-order valence-electron chi connectivity index (χ2n) is 17.3. The Balaban J connectivity index is 1.24. The first kappa shape index (κ1) is 37.0. The summed E-state index contributed by atoms with van der Waals surface area (Å²) in [6, 6.07) is 5.96. The van der Waals surface area contributed by atoms with Gasteiger partial charge in [-0.25, -0.2) is 9.69 Å². The Kier molecular flexibility index (Phi) is 8.76. The van der Waals surface area contributed by atoms with E-state index in [0.717, 1.165) is 4.90 Å². The minimum atomic E-state index is -1.83. The van der Waals surface area contributed by atoms with Gasteiger partial charge in [0.05, 0.1) is 48.1 Å². The van der Waals surface area contributed by atoms with E-state index in [1.54, 1.807) is 66.4 Å². The van der Waals surface area contributed by atoms with Gasteiger partial charge >= 0.3 is 11.9 Å². The standard InChI is InChI=1S/C40H54N2O11/c1-8-41-18-37(19-52-35(46)22-11-9-10-12-25(22)42-28(43)15-21(4)33(42)44)14-13-27(50-6)39-24-16-23-26(49-5)17-38(47,29(24)30(23)53-34(45)20(2)3)40(48,36(39)41)32(51-7)31(37)39/h9-12,20-21,23-24,26-27,29-32,36,47-48H,8,13-19H2,1-7H3/t21?,23-,24?,26+,27+,29?,30+,31?,32+,36+,37+,38-,39+,40+/m1/s1. The van der Waals surface area contributed by atoms with Gasteiger partial charge in [-0.1, -0.05) is 39.8 Å². The Morgan fingerprint density at radius 3 is 2.42 bits per heavy atom. The van der Waals surface area contributed by atoms with Gasteiger partial charge in [-0.2, -0.15) is 0 Å². The number of aliphatic hydroxyl groups is 2. The van der Waals surface area contributed by atoms with Crippen molar-refractivity contribution in [2.75, 3.05) is 45.9 Å². The minimum Gasteiger partial charge on any atom is -0.461 e. The number of nitrogens with zero attached hydrogens (tertiary/aromatic N) is 2. The largest absolute Gasteiger partial charge is 0.461 e. The van der Waals surface area contributed by atoms with Crippen molar-refractivity contribution < 1.29 is 53.1 Å². The van der Waals surface area contributed by atoms with Crippen LogP contribution in [0.5, 0.6) is 0 Å². The number of benzene rings is 1. The zero-order chi connectivity index (χ0) is 38.0. The number of hydrogen-bond donors (Lipinski definition) is 2. The van der Waals surface area contributed by atoms with Gasteiger partial charge in [-0.15, -0.1) is 0 Å². The van der Waals surface area contributed by atoms with Crippen LogP contribution in [0.25, 0.3) is 0 Å². The van der Waals surface area contributed by atoms with Crippen molar-refractivity contribution >= 4 is 29.4 Å². The molecule has 1 aromatic rings. The fourth-order valence-electron chi connectivity index (χ4n) is 13.3. The number of ether oxygens (including phenoxy) is 5. The number of fused-ring (bicyclic) bond motifs is 2. The summed E-state index contributed by atoms with van der Waals surface area (Å²) in [5.41, 5.74) is -4.76. The number of anilines is 1. The number of likely N-dealkylation sites (N-methyl/N-ethyl adjacent to an activating group) is 1. The number of carbonyl (C=O) groups excluding carboxylic acids is 4. The topological polar surface area (TPSA) is 161 Å². The van der Waals surface area contributed by atoms with Crippen molar-refractivity contribution in [3.63, 3.8) is 0 Å². The van der Waals surface area contributed by atoms with Gasteiger partial charge < -0.3 is 33.9 Å². The zero-order valence-electron chi connectivity index (χ0n) is 31.8. The highest BCUT2D eigenvalue weighted by atomic mass is 16.6. The molecule has 2 saturated heterocycles. The summed E-state index contributed by atoms with van der Waals surface area (Å²) in [4.78, 5) is 56.7. The van der Waals surface area contributed by atoms with Gasteiger partial charge in [-0.3, -0.25) is 19.3 Å². The van der Waals surface area contributed by atoms with E-state index in [2.05, 4.69) is 4.90 Å². The molecule has 7 bridgehead atoms. The van der Waals surface area contributed by atoms with Gasteiger partial charge in [-0.05, 0) is 43.9 Å². The molecule has 5 saturated carbocycles. The van der Waals surface area contributed by atoms with Gasteiger partial charge in [0, 0.05) is 75.2 Å². The van der Waals surface area contributed by atoms with E-state index in [0.29, 0.717) is 32.4 Å². The van der Waals surface area contributed by atoms with E-state index in [1.807, 2.05) is 6.92 Å². The predicted molar refractivity (Wildman–Crippen MR) is 188 cm³/mol. The van der Waals surface area contributed by atoms with Crippen LogP contribution in [0.2, 0.25) is 0 Å². The summed E-state index contributed by atoms with van der Waals surface area (Å²) >= 11 is 0. The number of hydrogen-bond acceptors (Lipinski definition) is 12. The average molecular weight is 739 g/mol. The summed E-state index contributed by atoms with van der Waals surface area (Å²) in [5, 5.41) is 27.0. The molecule has 0 radical (unpaired) electrons. The summed E-state index contributed by atoms with van der Waals surface area (Å²) in [5.74, 6) is -4.07. The molecule has 5 aliphatic carbocycles. The fraction of sp³-hybridized carbons (Fsp3) is 0.750. The molecule has 0 aromatic heterocycles. The molecule has 7 fully saturated rings. The first-order valence-electron chi connectivity index (χ1n) is 19.3. The lowest BCUT2D eigenvalue weighted by atomic mass is 9.42. The van der Waals surface area contributed by atoms with Crippen LogP contribution in [-0.2, 0) is 38.1 Å². The molecule has 2 amide bonds. The summed E-state index contributed by atoms with van der Waals surface area (Å²) < 4.78 is 31.6. The molecule has 1 spiro atoms. The fourth-order valence-corrected chi connectivity index (χ4v) is 13.3. The number of piperidine rings is 1. The molecule has 2 aliphatic heterocycles. The Labute approximate surface area is 310 Å². The van der Waals surface area contributed by atoms with Crippen LogP contribution in [0.4, 0.5) is 5.69 Å². The van der Waals surface area contributed by atoms with Crippen LogP contribution in [0.1, 0.15) is 70.2 Å². The van der Waals surface area contributed by atoms with Gasteiger partial charge in [0.1, 0.15) is 17.3 Å². The van der Waals surface area contributed by atoms with Gasteiger partial charge in [0.15, 0.2) is 0 Å². The van der Waals surface area contributed by atoms with Crippen LogP contribution in [0, 0.1) is 46.3 Å². The van der Waals surface area contributed by atoms with Gasteiger partial charge in [0.2, 0.25) is 11.8 Å². The summed E-state index contributed by atoms with van der Waals surface area (Å²) in [7, 11) is 4.88. The number of para-hydroxylation sites is 1. The Hall–Kier alpha value is -2.94. The highest BCUT2D eigenvalue weighted by Crippen LogP contribution is 2.80. The number of methoxy groups -OCH3 is 3. The molecule has 4 unspecified atom stereocenters. The SMILES string of the molecule is CCN1C[C@]2(COC(=O)c3ccccc3N3C(=O)CC(C)C3=O)CC[C@H](OC)[C@@]34C5C[C@@H]6[C@@H](OC)C[C@@](O)(C5[C@H]6OC(=O)C(C)C)[C@](O)([C@@H](OC)C23)[C@@H]14. The Morgan fingerprint density at radius 2 is 1.79 bits per heavy atom. The highest BCUT2D eigenvalue weighted by Gasteiger charge is 2.92. The van der Waals surface area contributed by atoms with E-state index < -0.39 is 70.1 Å². The van der Waals surface area contributed by atoms with Crippen LogP contribution in [0.15, 0.2) is 24.3 Å². The number of imide groups is 1. The van der Waals surface area contributed by atoms with Crippen LogP contribution in [-0.4, -0.2) is 122 Å². The Morgan fingerprint density at radius 1 is 1.06 bits per heavy atom. The van der Waals surface area contributed by atoms with Crippen molar-refractivity contribution in [3.8, 4) is 0 Å². The number of carbonyl (C=O) groups is 4. The lowest BCUT2D eigenvalue weighted by Crippen LogP contribution is -2.82. The second kappa shape index (κ2) is 12.5. The molecule has 1 aromatic carbocycles. The lowest BCUT2D eigenvalue weighted by Gasteiger charge is -2.70. The monoisotopic (exact) mass is 738 g/mol. The van der Waals surface area contributed by atoms with E-state index >= 15 is 0 Å². The second-order valence-corrected chi connectivity index (χ2v) is 17.3. The molecule has 2 N–H and O–H groups in total. The normalized spacial score (nSPS) is 45.2.